The third-order valence-electron chi connectivity index (χ3n) is 19.1. The van der Waals surface area contributed by atoms with Crippen molar-refractivity contribution in [1.82, 2.24) is 19.9 Å². The lowest BCUT2D eigenvalue weighted by Gasteiger charge is -2.66. The quantitative estimate of drug-likeness (QED) is 0.0625. The molecule has 0 unspecified atom stereocenters. The van der Waals surface area contributed by atoms with E-state index in [4.69, 9.17) is 62.1 Å². The number of carbonyl (C=O) groups is 7. The van der Waals surface area contributed by atoms with Crippen molar-refractivity contribution in [2.45, 2.75) is 176 Å². The summed E-state index contributed by atoms with van der Waals surface area (Å²) in [6.45, 7) is 38.9. The van der Waals surface area contributed by atoms with Crippen molar-refractivity contribution < 1.29 is 92.0 Å². The second-order valence-corrected chi connectivity index (χ2v) is 33.2. The number of rotatable bonds is 10. The van der Waals surface area contributed by atoms with E-state index < -0.39 is 41.6 Å². The zero-order valence-corrected chi connectivity index (χ0v) is 75.2. The highest BCUT2D eigenvalue weighted by atomic mass is 35.5. The third kappa shape index (κ3) is 36.4. The van der Waals surface area contributed by atoms with Gasteiger partial charge in [0.05, 0.1) is 73.0 Å². The lowest BCUT2D eigenvalue weighted by atomic mass is 9.36. The van der Waals surface area contributed by atoms with Crippen LogP contribution in [0, 0.1) is 149 Å². The molecule has 0 radical (unpaired) electrons. The third-order valence-corrected chi connectivity index (χ3v) is 21.3. The predicted octanol–water partition coefficient (Wildman–Crippen LogP) is 23.5. The first-order valence-corrected chi connectivity index (χ1v) is 40.7. The Bertz CT molecular complexity index is 5360. The van der Waals surface area contributed by atoms with Crippen LogP contribution in [0.5, 0.6) is 11.5 Å². The summed E-state index contributed by atoms with van der Waals surface area (Å²) in [7, 11) is 1.52. The van der Waals surface area contributed by atoms with E-state index in [2.05, 4.69) is 70.7 Å². The molecule has 4 aromatic heterocycles. The van der Waals surface area contributed by atoms with E-state index in [1.54, 1.807) is 82.5 Å². The van der Waals surface area contributed by atoms with Crippen LogP contribution in [-0.2, 0) is 14.3 Å². The minimum atomic E-state index is -1.23. The van der Waals surface area contributed by atoms with Gasteiger partial charge in [0.25, 0.3) is 6.47 Å². The Labute approximate surface area is 730 Å². The Balaban J connectivity index is 0.000000347. The molecule has 4 heterocycles. The van der Waals surface area contributed by atoms with Gasteiger partial charge in [-0.05, 0) is 307 Å². The smallest absolute Gasteiger partial charge is 0.347 e. The van der Waals surface area contributed by atoms with Gasteiger partial charge in [-0.2, -0.15) is 5.26 Å². The molecule has 0 saturated heterocycles. The van der Waals surface area contributed by atoms with Gasteiger partial charge >= 0.3 is 35.8 Å². The van der Waals surface area contributed by atoms with E-state index in [0.717, 1.165) is 132 Å². The van der Waals surface area contributed by atoms with Gasteiger partial charge in [-0.3, -0.25) is 19.6 Å². The van der Waals surface area contributed by atoms with Crippen LogP contribution in [0.25, 0.3) is 15.8 Å². The van der Waals surface area contributed by atoms with Gasteiger partial charge in [0, 0.05) is 23.1 Å². The average Bonchev–Trinajstić information content (AvgIpc) is 1.67. The summed E-state index contributed by atoms with van der Waals surface area (Å²) in [5.74, 6) is -5.47. The van der Waals surface area contributed by atoms with Crippen LogP contribution in [0.2, 0.25) is 5.02 Å². The number of aliphatic carboxylic acids is 1. The SMILES string of the molecule is C=C(C)c1ccc2nc(C)sc2c1.CC12CC(C(=O)O)(C1)C2.CC1CCC(OC=O)CC1.COc1cc(C(=O)O)ccc1C.Cc1cc(C(=O)O)cnc1C.Cc1ccc(C(=O)O)c(O)c1.Cc1ccc(C)c(C#N)c1.Cc1ccc(C)c(Cl)c1.Cc1ccc(C)c(F)c1.Cc1ccc(F)c(C(=O)O)c1.Cc1cnc(C)c(F)c1.Cc1ncc(C(=O)O)s1. The number of aryl methyl sites for hydroxylation is 15. The average molecular weight is 1750 g/mol. The number of thiazole rings is 2. The number of halogens is 4. The molecule has 123 heavy (non-hydrogen) atoms. The number of methoxy groups -OCH3 is 1. The largest absolute Gasteiger partial charge is 0.507 e. The van der Waals surface area contributed by atoms with Gasteiger partial charge in [-0.25, -0.2) is 47.1 Å². The number of aromatic nitrogens is 4. The lowest BCUT2D eigenvalue weighted by Crippen LogP contribution is -2.63. The number of hydrogen-bond acceptors (Lipinski definition) is 17. The van der Waals surface area contributed by atoms with Crippen molar-refractivity contribution in [2.75, 3.05) is 7.11 Å². The summed E-state index contributed by atoms with van der Waals surface area (Å²) in [6, 6.07) is 41.9. The highest BCUT2D eigenvalue weighted by Crippen LogP contribution is 2.73. The first kappa shape index (κ1) is 105. The lowest BCUT2D eigenvalue weighted by molar-refractivity contribution is -0.215. The molecule has 27 heteroatoms. The number of nitrogens with zero attached hydrogens (tertiary/aromatic N) is 5. The monoisotopic (exact) mass is 1740 g/mol. The highest BCUT2D eigenvalue weighted by molar-refractivity contribution is 7.18. The molecular weight excluding hydrogens is 1640 g/mol. The van der Waals surface area contributed by atoms with E-state index in [0.29, 0.717) is 33.8 Å². The molecule has 7 N–H and O–H groups in total. The van der Waals surface area contributed by atoms with E-state index in [1.807, 2.05) is 113 Å². The minimum Gasteiger partial charge on any atom is -0.507 e. The van der Waals surface area contributed by atoms with Gasteiger partial charge in [0.1, 0.15) is 45.5 Å². The van der Waals surface area contributed by atoms with Gasteiger partial charge in [-0.1, -0.05) is 104 Å². The summed E-state index contributed by atoms with van der Waals surface area (Å²) >= 11 is 8.73. The molecule has 0 amide bonds. The molecule has 654 valence electrons. The summed E-state index contributed by atoms with van der Waals surface area (Å²) in [4.78, 5) is 88.5. The van der Waals surface area contributed by atoms with E-state index >= 15 is 0 Å². The molecule has 2 bridgehead atoms. The number of hydrogen-bond donors (Lipinski definition) is 7. The van der Waals surface area contributed by atoms with E-state index in [1.165, 1.54) is 102 Å². The van der Waals surface area contributed by atoms with Gasteiger partial charge < -0.3 is 45.2 Å². The molecular formula is C96H109ClF3N5O16S2. The number of carboxylic acids is 6. The zero-order valence-electron chi connectivity index (χ0n) is 72.8. The Morgan fingerprint density at radius 2 is 1.04 bits per heavy atom. The zero-order chi connectivity index (χ0) is 92.9. The van der Waals surface area contributed by atoms with Crippen molar-refractivity contribution in [3.05, 3.63) is 308 Å². The van der Waals surface area contributed by atoms with Gasteiger partial charge in [0.2, 0.25) is 0 Å². The van der Waals surface area contributed by atoms with Crippen LogP contribution in [0.15, 0.2) is 165 Å². The molecule has 7 aromatic carbocycles. The summed E-state index contributed by atoms with van der Waals surface area (Å²) in [6.07, 6.45) is 11.9. The summed E-state index contributed by atoms with van der Waals surface area (Å²) < 4.78 is 48.8. The normalized spacial score (nSPS) is 14.8. The number of fused-ring (bicyclic) bond motifs is 1. The van der Waals surface area contributed by atoms with Crippen LogP contribution in [-0.4, -0.2) is 111 Å². The number of phenols is 1. The van der Waals surface area contributed by atoms with Crippen LogP contribution >= 0.6 is 34.3 Å². The standard InChI is InChI=1S/C11H11NS.C9H9N.C9H10O3.C8H9Cl.C8H7FO2.C8H9F.C8H9NO2.C8H8O3.C8H14O2.C7H8FN.C7H10O2.C5H5NO2S/c1-7(2)9-4-5-10-11(6-9)13-8(3)12-10;1-7-3-4-8(2)9(5-7)6-10;1-6-3-4-7(9(10)11)5-8(6)12-2;1-6-3-4-7(2)8(9)5-6;1-5-2-3-7(9)6(4-5)8(10)11;1-6-3-4-7(2)8(9)5-6;1-5-3-7(8(10)11)4-9-6(5)2;1-5-2-3-6(8(10)11)7(9)4-5;1-7-2-4-8(5-3-7)10-6-9;1-5-3-7(8)6(2)9-4-5;1-6-2-7(3-6,4-6)5(8)9;1-3-6-2-4(9-3)5(7)8/h4-6H,1H2,2-3H3;3-5H,1-2H3;3-5H,1-2H3,(H,10,11);3-5H,1-2H3;2-4H,1H3,(H,10,11);3-5H,1-2H3;3-4H,1-2H3,(H,10,11);2-4,9H,1H3,(H,10,11);6-8H,2-5H2,1H3;3-4H,1-2H3;2-4H2,1H3,(H,8,9);2H,1H3,(H,7,8). The van der Waals surface area contributed by atoms with Gasteiger partial charge in [-0.15, -0.1) is 22.7 Å². The molecule has 15 rings (SSSR count). The number of pyridine rings is 2. The van der Waals surface area contributed by atoms with E-state index in [-0.39, 0.29) is 51.2 Å². The van der Waals surface area contributed by atoms with E-state index in [9.17, 15) is 46.7 Å². The first-order valence-electron chi connectivity index (χ1n) is 38.7. The Kier molecular flexibility index (Phi) is 43.2. The number of carboxylic acid groups (broad SMARTS) is 6. The summed E-state index contributed by atoms with van der Waals surface area (Å²) in [5, 5.41) is 71.6. The maximum Gasteiger partial charge on any atom is 0.347 e. The highest BCUT2D eigenvalue weighted by Gasteiger charge is 2.69. The fraction of sp³-hybridized carbons (Fsp3) is 0.312. The van der Waals surface area contributed by atoms with Crippen LogP contribution in [0.1, 0.15) is 211 Å². The van der Waals surface area contributed by atoms with Crippen molar-refractivity contribution in [3.8, 4) is 17.6 Å². The first-order chi connectivity index (χ1) is 57.6. The van der Waals surface area contributed by atoms with Crippen molar-refractivity contribution in [2.24, 2.45) is 16.7 Å². The maximum absolute atomic E-state index is 12.6. The Hall–Kier alpha value is -12.4. The van der Waals surface area contributed by atoms with Gasteiger partial charge in [0.15, 0.2) is 0 Å². The molecule has 0 spiro atoms. The van der Waals surface area contributed by atoms with Crippen molar-refractivity contribution >= 4 is 92.4 Å². The Morgan fingerprint density at radius 3 is 1.47 bits per heavy atom. The molecule has 4 fully saturated rings. The number of allylic oxidation sites excluding steroid dienone is 1. The minimum absolute atomic E-state index is 0.0596. The fourth-order valence-corrected chi connectivity index (χ4v) is 13.6. The maximum atomic E-state index is 12.6. The second kappa shape index (κ2) is 50.7. The predicted molar refractivity (Wildman–Crippen MR) is 478 cm³/mol. The number of ether oxygens (including phenoxy) is 2. The summed E-state index contributed by atoms with van der Waals surface area (Å²) in [5.41, 5.74) is 16.3. The Morgan fingerprint density at radius 1 is 0.520 bits per heavy atom. The van der Waals surface area contributed by atoms with Crippen molar-refractivity contribution in [1.29, 1.82) is 5.26 Å². The molecule has 21 nitrogen and oxygen atoms in total. The molecule has 0 atom stereocenters. The number of aromatic carboxylic acids is 5. The van der Waals surface area contributed by atoms with Crippen LogP contribution in [0.4, 0.5) is 13.2 Å². The van der Waals surface area contributed by atoms with Crippen molar-refractivity contribution in [3.63, 3.8) is 0 Å². The number of benzene rings is 7. The number of nitriles is 1. The van der Waals surface area contributed by atoms with Crippen LogP contribution in [0.3, 0.4) is 0 Å². The molecule has 4 aliphatic rings. The molecule has 4 saturated carbocycles. The fourth-order valence-electron chi connectivity index (χ4n) is 11.9. The molecule has 0 aliphatic heterocycles. The number of carbonyl (C=O) groups excluding carboxylic acids is 1. The second-order valence-electron chi connectivity index (χ2n) is 30.3. The topological polar surface area (TPSA) is 355 Å². The van der Waals surface area contributed by atoms with Crippen LogP contribution < -0.4 is 4.74 Å². The molecule has 11 aromatic rings. The molecule has 4 aliphatic carbocycles. The number of aromatic hydroxyl groups is 1.